The molecule has 2 rings (SSSR count). The van der Waals surface area contributed by atoms with E-state index in [9.17, 15) is 8.42 Å². The van der Waals surface area contributed by atoms with E-state index in [1.165, 1.54) is 4.31 Å². The molecule has 0 fully saturated rings. The van der Waals surface area contributed by atoms with Gasteiger partial charge in [0, 0.05) is 26.0 Å². The van der Waals surface area contributed by atoms with E-state index in [2.05, 4.69) is 15.3 Å². The Morgan fingerprint density at radius 2 is 2.10 bits per heavy atom. The summed E-state index contributed by atoms with van der Waals surface area (Å²) < 4.78 is 26.7. The first kappa shape index (κ1) is 15.5. The molecule has 0 saturated carbocycles. The van der Waals surface area contributed by atoms with Gasteiger partial charge in [0.05, 0.1) is 12.2 Å². The van der Waals surface area contributed by atoms with Crippen LogP contribution in [0.15, 0.2) is 41.6 Å². The highest BCUT2D eigenvalue weighted by Crippen LogP contribution is 2.24. The average Bonchev–Trinajstić information content (AvgIpc) is 2.98. The number of aromatic nitrogens is 2. The number of hydrogen-bond donors (Lipinski definition) is 2. The lowest BCUT2D eigenvalue weighted by Gasteiger charge is -2.19. The monoisotopic (exact) mass is 308 g/mol. The molecule has 1 aromatic heterocycles. The normalized spacial score (nSPS) is 11.8. The van der Waals surface area contributed by atoms with Crippen molar-refractivity contribution in [3.63, 3.8) is 0 Å². The summed E-state index contributed by atoms with van der Waals surface area (Å²) in [5.74, 6) is 0.611. The molecule has 2 N–H and O–H groups in total. The summed E-state index contributed by atoms with van der Waals surface area (Å²) >= 11 is 0. The third-order valence-corrected chi connectivity index (χ3v) is 4.93. The van der Waals surface area contributed by atoms with Gasteiger partial charge in [-0.15, -0.1) is 0 Å². The van der Waals surface area contributed by atoms with Gasteiger partial charge in [-0.3, -0.25) is 0 Å². The van der Waals surface area contributed by atoms with Crippen molar-refractivity contribution < 1.29 is 8.42 Å². The molecule has 0 saturated heterocycles. The van der Waals surface area contributed by atoms with Gasteiger partial charge < -0.3 is 10.3 Å². The summed E-state index contributed by atoms with van der Waals surface area (Å²) in [6.45, 7) is 2.97. The van der Waals surface area contributed by atoms with Crippen molar-refractivity contribution in [2.75, 3.05) is 18.9 Å². The molecule has 0 amide bonds. The number of anilines is 1. The minimum atomic E-state index is -3.57. The Kier molecular flexibility index (Phi) is 4.98. The third-order valence-electron chi connectivity index (χ3n) is 3.07. The number of rotatable bonds is 7. The van der Waals surface area contributed by atoms with E-state index >= 15 is 0 Å². The Labute approximate surface area is 125 Å². The number of sulfonamides is 1. The Morgan fingerprint density at radius 3 is 2.76 bits per heavy atom. The summed E-state index contributed by atoms with van der Waals surface area (Å²) in [4.78, 5) is 7.25. The van der Waals surface area contributed by atoms with E-state index in [0.717, 1.165) is 13.0 Å². The number of benzene rings is 1. The maximum Gasteiger partial charge on any atom is 0.245 e. The molecule has 0 atom stereocenters. The van der Waals surface area contributed by atoms with Crippen LogP contribution in [0.3, 0.4) is 0 Å². The highest BCUT2D eigenvalue weighted by molar-refractivity contribution is 7.89. The molecule has 0 unspecified atom stereocenters. The smallest absolute Gasteiger partial charge is 0.245 e. The van der Waals surface area contributed by atoms with E-state index in [-0.39, 0.29) is 11.4 Å². The van der Waals surface area contributed by atoms with Crippen LogP contribution < -0.4 is 5.32 Å². The minimum absolute atomic E-state index is 0.206. The quantitative estimate of drug-likeness (QED) is 0.820. The van der Waals surface area contributed by atoms with Crippen LogP contribution in [-0.2, 0) is 16.6 Å². The van der Waals surface area contributed by atoms with Gasteiger partial charge in [-0.25, -0.2) is 13.4 Å². The van der Waals surface area contributed by atoms with Crippen LogP contribution in [0.1, 0.15) is 19.2 Å². The second-order valence-corrected chi connectivity index (χ2v) is 6.73. The zero-order chi connectivity index (χ0) is 15.3. The lowest BCUT2D eigenvalue weighted by atomic mass is 10.3. The number of hydrogen-bond acceptors (Lipinski definition) is 4. The van der Waals surface area contributed by atoms with E-state index in [4.69, 9.17) is 0 Å². The van der Waals surface area contributed by atoms with Gasteiger partial charge in [0.25, 0.3) is 0 Å². The fraction of sp³-hybridized carbons (Fsp3) is 0.357. The van der Waals surface area contributed by atoms with Crippen molar-refractivity contribution in [2.45, 2.75) is 24.8 Å². The molecule has 21 heavy (non-hydrogen) atoms. The predicted molar refractivity (Wildman–Crippen MR) is 82.5 cm³/mol. The SMILES string of the molecule is CCCNc1ccccc1S(=O)(=O)N(C)Cc1ncc[nH]1. The molecule has 0 radical (unpaired) electrons. The van der Waals surface area contributed by atoms with Crippen LogP contribution in [0, 0.1) is 0 Å². The summed E-state index contributed by atoms with van der Waals surface area (Å²) in [6, 6.07) is 6.95. The molecule has 2 aromatic rings. The zero-order valence-corrected chi connectivity index (χ0v) is 13.0. The minimum Gasteiger partial charge on any atom is -0.384 e. The molecule has 0 spiro atoms. The molecular formula is C14H20N4O2S. The van der Waals surface area contributed by atoms with Gasteiger partial charge in [-0.05, 0) is 18.6 Å². The first-order chi connectivity index (χ1) is 10.1. The number of para-hydroxylation sites is 1. The fourth-order valence-electron chi connectivity index (χ4n) is 1.95. The summed E-state index contributed by atoms with van der Waals surface area (Å²) in [7, 11) is -2.02. The van der Waals surface area contributed by atoms with Crippen LogP contribution in [0.4, 0.5) is 5.69 Å². The zero-order valence-electron chi connectivity index (χ0n) is 12.2. The molecule has 7 heteroatoms. The van der Waals surface area contributed by atoms with Crippen molar-refractivity contribution in [2.24, 2.45) is 0 Å². The second-order valence-electron chi connectivity index (χ2n) is 4.72. The van der Waals surface area contributed by atoms with Crippen molar-refractivity contribution in [1.29, 1.82) is 0 Å². The summed E-state index contributed by atoms with van der Waals surface area (Å²) in [6.07, 6.45) is 4.20. The predicted octanol–water partition coefficient (Wildman–Crippen LogP) is 2.05. The first-order valence-corrected chi connectivity index (χ1v) is 8.27. The number of nitrogens with one attached hydrogen (secondary N) is 2. The Hall–Kier alpha value is -1.86. The Balaban J connectivity index is 2.26. The lowest BCUT2D eigenvalue weighted by Crippen LogP contribution is -2.27. The summed E-state index contributed by atoms with van der Waals surface area (Å²) in [5.41, 5.74) is 0.630. The van der Waals surface area contributed by atoms with Crippen LogP contribution in [0.2, 0.25) is 0 Å². The maximum atomic E-state index is 12.7. The van der Waals surface area contributed by atoms with Gasteiger partial charge in [0.2, 0.25) is 10.0 Å². The number of H-pyrrole nitrogens is 1. The fourth-order valence-corrected chi connectivity index (χ4v) is 3.24. The Morgan fingerprint density at radius 1 is 1.33 bits per heavy atom. The molecule has 0 aliphatic rings. The van der Waals surface area contributed by atoms with Gasteiger partial charge in [-0.1, -0.05) is 19.1 Å². The average molecular weight is 308 g/mol. The number of aromatic amines is 1. The van der Waals surface area contributed by atoms with Gasteiger partial charge >= 0.3 is 0 Å². The second kappa shape index (κ2) is 6.73. The molecule has 6 nitrogen and oxygen atoms in total. The van der Waals surface area contributed by atoms with E-state index < -0.39 is 10.0 Å². The molecule has 0 bridgehead atoms. The van der Waals surface area contributed by atoms with E-state index in [0.29, 0.717) is 11.5 Å². The van der Waals surface area contributed by atoms with Gasteiger partial charge in [0.15, 0.2) is 0 Å². The third kappa shape index (κ3) is 3.62. The van der Waals surface area contributed by atoms with Crippen LogP contribution in [0.25, 0.3) is 0 Å². The van der Waals surface area contributed by atoms with Gasteiger partial charge in [-0.2, -0.15) is 4.31 Å². The largest absolute Gasteiger partial charge is 0.384 e. The molecule has 0 aliphatic heterocycles. The highest BCUT2D eigenvalue weighted by Gasteiger charge is 2.24. The molecule has 1 aromatic carbocycles. The van der Waals surface area contributed by atoms with Crippen molar-refractivity contribution in [3.05, 3.63) is 42.5 Å². The standard InChI is InChI=1S/C14H20N4O2S/c1-3-8-15-12-6-4-5-7-13(12)21(19,20)18(2)11-14-16-9-10-17-14/h4-7,9-10,15H,3,8,11H2,1-2H3,(H,16,17). The Bertz CT molecular complexity index is 668. The van der Waals surface area contributed by atoms with Gasteiger partial charge in [0.1, 0.15) is 10.7 Å². The maximum absolute atomic E-state index is 12.7. The highest BCUT2D eigenvalue weighted by atomic mass is 32.2. The topological polar surface area (TPSA) is 78.1 Å². The van der Waals surface area contributed by atoms with Crippen molar-refractivity contribution in [1.82, 2.24) is 14.3 Å². The van der Waals surface area contributed by atoms with E-state index in [1.807, 2.05) is 13.0 Å². The van der Waals surface area contributed by atoms with Crippen LogP contribution in [0.5, 0.6) is 0 Å². The molecule has 114 valence electrons. The van der Waals surface area contributed by atoms with Crippen molar-refractivity contribution >= 4 is 15.7 Å². The van der Waals surface area contributed by atoms with Crippen LogP contribution in [-0.4, -0.2) is 36.3 Å². The van der Waals surface area contributed by atoms with Crippen LogP contribution >= 0.6 is 0 Å². The molecule has 0 aliphatic carbocycles. The first-order valence-electron chi connectivity index (χ1n) is 6.83. The number of imidazole rings is 1. The summed E-state index contributed by atoms with van der Waals surface area (Å²) in [5, 5.41) is 3.15. The molecular weight excluding hydrogens is 288 g/mol. The number of nitrogens with zero attached hydrogens (tertiary/aromatic N) is 2. The van der Waals surface area contributed by atoms with E-state index in [1.54, 1.807) is 37.6 Å². The lowest BCUT2D eigenvalue weighted by molar-refractivity contribution is 0.458. The van der Waals surface area contributed by atoms with Crippen molar-refractivity contribution in [3.8, 4) is 0 Å². The molecule has 1 heterocycles.